The van der Waals surface area contributed by atoms with E-state index in [1.54, 1.807) is 6.07 Å². The van der Waals surface area contributed by atoms with Crippen LogP contribution >= 0.6 is 0 Å². The summed E-state index contributed by atoms with van der Waals surface area (Å²) in [5, 5.41) is 3.04. The lowest BCUT2D eigenvalue weighted by atomic mass is 10.2. The molecule has 0 spiro atoms. The van der Waals surface area contributed by atoms with E-state index in [2.05, 4.69) is 5.32 Å². The summed E-state index contributed by atoms with van der Waals surface area (Å²) in [6, 6.07) is 5.36. The van der Waals surface area contributed by atoms with Crippen LogP contribution in [0, 0.1) is 13.8 Å². The van der Waals surface area contributed by atoms with Gasteiger partial charge in [-0.15, -0.1) is 0 Å². The van der Waals surface area contributed by atoms with Crippen molar-refractivity contribution in [2.24, 2.45) is 0 Å². The van der Waals surface area contributed by atoms with E-state index in [1.165, 1.54) is 0 Å². The minimum atomic E-state index is -3.39. The minimum Gasteiger partial charge on any atom is -0.359 e. The summed E-state index contributed by atoms with van der Waals surface area (Å²) < 4.78 is 30.0. The maximum absolute atomic E-state index is 12.4. The van der Waals surface area contributed by atoms with Crippen LogP contribution in [0.5, 0.6) is 0 Å². The molecule has 1 heterocycles. The van der Waals surface area contributed by atoms with Gasteiger partial charge in [-0.2, -0.15) is 0 Å². The van der Waals surface area contributed by atoms with Crippen molar-refractivity contribution in [3.8, 4) is 0 Å². The molecule has 17 heavy (non-hydrogen) atoms. The van der Waals surface area contributed by atoms with Gasteiger partial charge in [0, 0.05) is 13.1 Å². The van der Waals surface area contributed by atoms with E-state index in [-0.39, 0.29) is 0 Å². The minimum absolute atomic E-state index is 0.357. The van der Waals surface area contributed by atoms with Crippen LogP contribution in [0.2, 0.25) is 0 Å². The predicted molar refractivity (Wildman–Crippen MR) is 65.7 cm³/mol. The molecule has 4 nitrogen and oxygen atoms in total. The first-order valence-corrected chi connectivity index (χ1v) is 7.20. The second-order valence-corrected chi connectivity index (χ2v) is 6.37. The van der Waals surface area contributed by atoms with Crippen molar-refractivity contribution in [2.75, 3.05) is 19.7 Å². The fourth-order valence-electron chi connectivity index (χ4n) is 2.00. The van der Waals surface area contributed by atoms with Gasteiger partial charge in [0.05, 0.1) is 11.5 Å². The largest absolute Gasteiger partial charge is 0.359 e. The van der Waals surface area contributed by atoms with Crippen molar-refractivity contribution < 1.29 is 13.2 Å². The maximum atomic E-state index is 12.4. The smallest absolute Gasteiger partial charge is 0.206 e. The number of hydrogen-bond acceptors (Lipinski definition) is 4. The zero-order valence-corrected chi connectivity index (χ0v) is 10.9. The van der Waals surface area contributed by atoms with Crippen LogP contribution in [0.3, 0.4) is 0 Å². The quantitative estimate of drug-likeness (QED) is 0.857. The molecule has 0 saturated carbocycles. The Hall–Kier alpha value is -0.910. The number of nitrogens with one attached hydrogen (secondary N) is 1. The molecule has 1 aliphatic heterocycles. The normalized spacial score (nSPS) is 21.4. The van der Waals surface area contributed by atoms with Crippen LogP contribution in [-0.2, 0) is 14.6 Å². The molecule has 1 aromatic carbocycles. The third kappa shape index (κ3) is 2.51. The van der Waals surface area contributed by atoms with Gasteiger partial charge in [-0.3, -0.25) is 0 Å². The molecule has 5 heteroatoms. The van der Waals surface area contributed by atoms with E-state index in [0.29, 0.717) is 24.6 Å². The molecule has 2 rings (SSSR count). The number of hydrogen-bond donors (Lipinski definition) is 1. The summed E-state index contributed by atoms with van der Waals surface area (Å²) in [5.41, 5.74) is 1.07. The van der Waals surface area contributed by atoms with Crippen molar-refractivity contribution in [3.05, 3.63) is 29.3 Å². The van der Waals surface area contributed by atoms with Crippen molar-refractivity contribution >= 4 is 9.84 Å². The van der Waals surface area contributed by atoms with Crippen molar-refractivity contribution in [1.29, 1.82) is 0 Å². The molecule has 0 aromatic heterocycles. The second-order valence-electron chi connectivity index (χ2n) is 4.32. The van der Waals surface area contributed by atoms with Gasteiger partial charge in [0.2, 0.25) is 9.84 Å². The van der Waals surface area contributed by atoms with Crippen molar-refractivity contribution in [3.63, 3.8) is 0 Å². The van der Waals surface area contributed by atoms with Gasteiger partial charge >= 0.3 is 0 Å². The molecule has 1 aromatic rings. The van der Waals surface area contributed by atoms with Gasteiger partial charge in [0.15, 0.2) is 5.44 Å². The summed E-state index contributed by atoms with van der Waals surface area (Å²) in [5.74, 6) is 0. The fourth-order valence-corrected chi connectivity index (χ4v) is 3.66. The second kappa shape index (κ2) is 4.76. The van der Waals surface area contributed by atoms with E-state index in [1.807, 2.05) is 26.0 Å². The van der Waals surface area contributed by atoms with E-state index >= 15 is 0 Å². The number of morpholine rings is 1. The lowest BCUT2D eigenvalue weighted by molar-refractivity contribution is 0.0784. The van der Waals surface area contributed by atoms with Gasteiger partial charge in [-0.25, -0.2) is 8.42 Å². The van der Waals surface area contributed by atoms with E-state index in [9.17, 15) is 8.42 Å². The Morgan fingerprint density at radius 3 is 2.71 bits per heavy atom. The molecule has 0 aliphatic carbocycles. The fraction of sp³-hybridized carbons (Fsp3) is 0.500. The Morgan fingerprint density at radius 2 is 2.12 bits per heavy atom. The highest BCUT2D eigenvalue weighted by Gasteiger charge is 2.30. The van der Waals surface area contributed by atoms with E-state index in [0.717, 1.165) is 11.1 Å². The SMILES string of the molecule is Cc1ccc(S(=O)(=O)C2CNCCO2)c(C)c1. The van der Waals surface area contributed by atoms with Gasteiger partial charge < -0.3 is 10.1 Å². The molecular weight excluding hydrogens is 238 g/mol. The summed E-state index contributed by atoms with van der Waals surface area (Å²) in [7, 11) is -3.39. The van der Waals surface area contributed by atoms with E-state index in [4.69, 9.17) is 4.74 Å². The first-order chi connectivity index (χ1) is 8.01. The Labute approximate surface area is 102 Å². The molecule has 1 N–H and O–H groups in total. The number of sulfone groups is 1. The first kappa shape index (κ1) is 12.5. The molecule has 1 unspecified atom stereocenters. The van der Waals surface area contributed by atoms with Crippen LogP contribution < -0.4 is 5.32 Å². The molecule has 0 amide bonds. The molecular formula is C12H17NO3S. The van der Waals surface area contributed by atoms with Crippen LogP contribution in [0.25, 0.3) is 0 Å². The lowest BCUT2D eigenvalue weighted by Gasteiger charge is -2.24. The van der Waals surface area contributed by atoms with Gasteiger partial charge in [-0.05, 0) is 25.5 Å². The average Bonchev–Trinajstić information content (AvgIpc) is 2.29. The Kier molecular flexibility index (Phi) is 3.51. The Bertz CT molecular complexity index is 504. The van der Waals surface area contributed by atoms with E-state index < -0.39 is 15.3 Å². The zero-order chi connectivity index (χ0) is 12.5. The maximum Gasteiger partial charge on any atom is 0.206 e. The summed E-state index contributed by atoms with van der Waals surface area (Å²) >= 11 is 0. The topological polar surface area (TPSA) is 55.4 Å². The number of benzene rings is 1. The predicted octanol–water partition coefficient (Wildman–Crippen LogP) is 1.02. The average molecular weight is 255 g/mol. The van der Waals surface area contributed by atoms with Gasteiger partial charge in [0.25, 0.3) is 0 Å². The standard InChI is InChI=1S/C12H17NO3S/c1-9-3-4-11(10(2)7-9)17(14,15)12-8-13-5-6-16-12/h3-4,7,12-13H,5-6,8H2,1-2H3. The number of rotatable bonds is 2. The van der Waals surface area contributed by atoms with Crippen molar-refractivity contribution in [2.45, 2.75) is 24.2 Å². The summed E-state index contributed by atoms with van der Waals surface area (Å²) in [6.45, 7) is 5.27. The highest BCUT2D eigenvalue weighted by Crippen LogP contribution is 2.22. The molecule has 0 radical (unpaired) electrons. The molecule has 1 atom stereocenters. The zero-order valence-electron chi connectivity index (χ0n) is 10.1. The van der Waals surface area contributed by atoms with Crippen molar-refractivity contribution in [1.82, 2.24) is 5.32 Å². The molecule has 94 valence electrons. The van der Waals surface area contributed by atoms with Gasteiger partial charge in [0.1, 0.15) is 0 Å². The monoisotopic (exact) mass is 255 g/mol. The third-order valence-electron chi connectivity index (χ3n) is 2.88. The van der Waals surface area contributed by atoms with Gasteiger partial charge in [-0.1, -0.05) is 17.7 Å². The number of ether oxygens (including phenoxy) is 1. The summed E-state index contributed by atoms with van der Waals surface area (Å²) in [6.07, 6.45) is 0. The van der Waals surface area contributed by atoms with Crippen LogP contribution in [-0.4, -0.2) is 33.6 Å². The Morgan fingerprint density at radius 1 is 1.35 bits per heavy atom. The molecule has 1 aliphatic rings. The molecule has 1 saturated heterocycles. The lowest BCUT2D eigenvalue weighted by Crippen LogP contribution is -2.43. The van der Waals surface area contributed by atoms with Crippen LogP contribution in [0.1, 0.15) is 11.1 Å². The first-order valence-electron chi connectivity index (χ1n) is 5.65. The van der Waals surface area contributed by atoms with Crippen LogP contribution in [0.15, 0.2) is 23.1 Å². The highest BCUT2D eigenvalue weighted by molar-refractivity contribution is 7.92. The molecule has 0 bridgehead atoms. The molecule has 1 fully saturated rings. The third-order valence-corrected chi connectivity index (χ3v) is 4.94. The summed E-state index contributed by atoms with van der Waals surface area (Å²) in [4.78, 5) is 0.372. The Balaban J connectivity index is 2.37. The number of aryl methyl sites for hydroxylation is 2. The highest BCUT2D eigenvalue weighted by atomic mass is 32.2. The van der Waals surface area contributed by atoms with Crippen LogP contribution in [0.4, 0.5) is 0 Å².